The Morgan fingerprint density at radius 3 is 2.44 bits per heavy atom. The van der Waals surface area contributed by atoms with Gasteiger partial charge in [-0.25, -0.2) is 8.42 Å². The van der Waals surface area contributed by atoms with Crippen LogP contribution in [-0.4, -0.2) is 30.2 Å². The van der Waals surface area contributed by atoms with Crippen molar-refractivity contribution >= 4 is 44.8 Å². The fourth-order valence-electron chi connectivity index (χ4n) is 2.69. The number of aliphatic hydroxyl groups is 1. The van der Waals surface area contributed by atoms with Gasteiger partial charge in [0.25, 0.3) is 10.0 Å². The molecule has 3 rings (SSSR count). The minimum atomic E-state index is -3.95. The van der Waals surface area contributed by atoms with Gasteiger partial charge in [0.15, 0.2) is 5.76 Å². The summed E-state index contributed by atoms with van der Waals surface area (Å²) in [6.45, 7) is 1.57. The Morgan fingerprint density at radius 1 is 1.12 bits per heavy atom. The SMILES string of the molecule is CCN1C(=C(O)c2ccc(Cl)c(Cl)c2)C(=O)c2ccccc2S1(=O)=O. The first-order valence-corrected chi connectivity index (χ1v) is 9.53. The lowest BCUT2D eigenvalue weighted by Crippen LogP contribution is -2.39. The molecule has 0 spiro atoms. The van der Waals surface area contributed by atoms with E-state index >= 15 is 0 Å². The first kappa shape index (κ1) is 17.8. The van der Waals surface area contributed by atoms with Gasteiger partial charge in [0, 0.05) is 17.7 Å². The van der Waals surface area contributed by atoms with E-state index in [0.717, 1.165) is 4.31 Å². The highest BCUT2D eigenvalue weighted by Crippen LogP contribution is 2.36. The van der Waals surface area contributed by atoms with Gasteiger partial charge in [0.1, 0.15) is 5.70 Å². The molecule has 0 aromatic heterocycles. The summed E-state index contributed by atoms with van der Waals surface area (Å²) in [7, 11) is -3.95. The standard InChI is InChI=1S/C17H13Cl2NO4S/c1-2-20-15(16(21)10-7-8-12(18)13(19)9-10)17(22)11-5-3-4-6-14(11)25(20,23)24/h3-9,21H,2H2,1H3. The highest BCUT2D eigenvalue weighted by molar-refractivity contribution is 7.89. The van der Waals surface area contributed by atoms with E-state index in [1.165, 1.54) is 30.3 Å². The van der Waals surface area contributed by atoms with E-state index < -0.39 is 21.6 Å². The van der Waals surface area contributed by atoms with Crippen LogP contribution in [0, 0.1) is 0 Å². The summed E-state index contributed by atoms with van der Waals surface area (Å²) in [5.41, 5.74) is -0.0841. The maximum Gasteiger partial charge on any atom is 0.265 e. The third kappa shape index (κ3) is 2.80. The number of halogens is 2. The number of aliphatic hydroxyl groups excluding tert-OH is 1. The molecule has 2 aromatic carbocycles. The van der Waals surface area contributed by atoms with E-state index in [0.29, 0.717) is 0 Å². The van der Waals surface area contributed by atoms with E-state index in [2.05, 4.69) is 0 Å². The van der Waals surface area contributed by atoms with E-state index in [1.807, 2.05) is 0 Å². The predicted octanol–water partition coefficient (Wildman–Crippen LogP) is 4.13. The van der Waals surface area contributed by atoms with Gasteiger partial charge in [0.05, 0.1) is 14.9 Å². The normalized spacial score (nSPS) is 18.0. The molecule has 0 saturated heterocycles. The summed E-state index contributed by atoms with van der Waals surface area (Å²) in [6, 6.07) is 10.2. The third-order valence-corrected chi connectivity index (χ3v) is 6.54. The van der Waals surface area contributed by atoms with Crippen LogP contribution in [-0.2, 0) is 10.0 Å². The van der Waals surface area contributed by atoms with Crippen LogP contribution in [0.25, 0.3) is 5.76 Å². The highest BCUT2D eigenvalue weighted by Gasteiger charge is 2.40. The second kappa shape index (κ2) is 6.37. The molecular weight excluding hydrogens is 385 g/mol. The smallest absolute Gasteiger partial charge is 0.265 e. The Morgan fingerprint density at radius 2 is 1.80 bits per heavy atom. The van der Waals surface area contributed by atoms with Crippen LogP contribution in [0.2, 0.25) is 10.0 Å². The number of sulfonamides is 1. The number of Topliss-reactive ketones (excluding diaryl/α,β-unsaturated/α-hetero) is 1. The number of rotatable bonds is 2. The number of fused-ring (bicyclic) bond motifs is 1. The van der Waals surface area contributed by atoms with Crippen LogP contribution in [0.3, 0.4) is 0 Å². The number of hydrogen-bond donors (Lipinski definition) is 1. The Bertz CT molecular complexity index is 1020. The molecule has 5 nitrogen and oxygen atoms in total. The molecule has 1 heterocycles. The number of hydrogen-bond acceptors (Lipinski definition) is 4. The first-order valence-electron chi connectivity index (χ1n) is 7.34. The number of benzene rings is 2. The van der Waals surface area contributed by atoms with E-state index in [4.69, 9.17) is 23.2 Å². The molecule has 2 aromatic rings. The third-order valence-electron chi connectivity index (χ3n) is 3.87. The Kier molecular flexibility index (Phi) is 4.53. The lowest BCUT2D eigenvalue weighted by Gasteiger charge is -2.30. The largest absolute Gasteiger partial charge is 0.505 e. The van der Waals surface area contributed by atoms with Gasteiger partial charge in [-0.2, -0.15) is 0 Å². The van der Waals surface area contributed by atoms with Gasteiger partial charge in [-0.3, -0.25) is 9.10 Å². The number of likely N-dealkylation sites (N-methyl/N-ethyl adjacent to an activating group) is 1. The fraction of sp³-hybridized carbons (Fsp3) is 0.118. The molecule has 0 unspecified atom stereocenters. The quantitative estimate of drug-likeness (QED) is 0.610. The average molecular weight is 398 g/mol. The Hall–Kier alpha value is -2.02. The predicted molar refractivity (Wildman–Crippen MR) is 96.3 cm³/mol. The summed E-state index contributed by atoms with van der Waals surface area (Å²) in [6.07, 6.45) is 0. The number of ketones is 1. The minimum Gasteiger partial charge on any atom is -0.505 e. The van der Waals surface area contributed by atoms with E-state index in [9.17, 15) is 18.3 Å². The number of carbonyl (C=O) groups is 1. The molecule has 1 aliphatic heterocycles. The zero-order chi connectivity index (χ0) is 18.4. The molecule has 25 heavy (non-hydrogen) atoms. The molecule has 0 saturated carbocycles. The van der Waals surface area contributed by atoms with Gasteiger partial charge < -0.3 is 5.11 Å². The monoisotopic (exact) mass is 397 g/mol. The van der Waals surface area contributed by atoms with Crippen molar-refractivity contribution in [3.63, 3.8) is 0 Å². The van der Waals surface area contributed by atoms with Crippen molar-refractivity contribution in [1.29, 1.82) is 0 Å². The molecule has 8 heteroatoms. The van der Waals surface area contributed by atoms with Crippen LogP contribution in [0.15, 0.2) is 53.1 Å². The molecule has 0 aliphatic carbocycles. The summed E-state index contributed by atoms with van der Waals surface area (Å²) in [4.78, 5) is 12.8. The first-order chi connectivity index (χ1) is 11.8. The van der Waals surface area contributed by atoms with Crippen molar-refractivity contribution in [3.8, 4) is 0 Å². The highest BCUT2D eigenvalue weighted by atomic mass is 35.5. The summed E-state index contributed by atoms with van der Waals surface area (Å²) in [5.74, 6) is -1.04. The topological polar surface area (TPSA) is 74.7 Å². The van der Waals surface area contributed by atoms with Gasteiger partial charge in [-0.05, 0) is 37.3 Å². The Labute approximate surface area is 155 Å². The molecule has 0 atom stereocenters. The molecule has 1 aliphatic rings. The van der Waals surface area contributed by atoms with Crippen molar-refractivity contribution in [3.05, 3.63) is 69.3 Å². The summed E-state index contributed by atoms with van der Waals surface area (Å²) in [5, 5.41) is 11.1. The zero-order valence-electron chi connectivity index (χ0n) is 13.0. The van der Waals surface area contributed by atoms with Gasteiger partial charge in [0.2, 0.25) is 5.78 Å². The molecule has 0 radical (unpaired) electrons. The lowest BCUT2D eigenvalue weighted by atomic mass is 10.0. The second-order valence-corrected chi connectivity index (χ2v) is 7.97. The van der Waals surface area contributed by atoms with Crippen molar-refractivity contribution < 1.29 is 18.3 Å². The van der Waals surface area contributed by atoms with Crippen molar-refractivity contribution in [2.45, 2.75) is 11.8 Å². The summed E-state index contributed by atoms with van der Waals surface area (Å²) >= 11 is 11.8. The van der Waals surface area contributed by atoms with Crippen molar-refractivity contribution in [2.75, 3.05) is 6.54 Å². The van der Waals surface area contributed by atoms with Crippen LogP contribution in [0.1, 0.15) is 22.8 Å². The van der Waals surface area contributed by atoms with Crippen LogP contribution in [0.5, 0.6) is 0 Å². The van der Waals surface area contributed by atoms with Crippen LogP contribution >= 0.6 is 23.2 Å². The van der Waals surface area contributed by atoms with E-state index in [-0.39, 0.29) is 38.3 Å². The molecule has 0 amide bonds. The Balaban J connectivity index is 2.31. The van der Waals surface area contributed by atoms with Crippen molar-refractivity contribution in [2.24, 2.45) is 0 Å². The lowest BCUT2D eigenvalue weighted by molar-refractivity contribution is 0.0999. The zero-order valence-corrected chi connectivity index (χ0v) is 15.4. The number of nitrogens with zero attached hydrogens (tertiary/aromatic N) is 1. The van der Waals surface area contributed by atoms with Crippen molar-refractivity contribution in [1.82, 2.24) is 4.31 Å². The van der Waals surface area contributed by atoms with Crippen LogP contribution in [0.4, 0.5) is 0 Å². The maximum absolute atomic E-state index is 12.9. The van der Waals surface area contributed by atoms with Crippen LogP contribution < -0.4 is 0 Å². The molecule has 1 N–H and O–H groups in total. The second-order valence-electron chi connectivity index (χ2n) is 5.32. The average Bonchev–Trinajstić information content (AvgIpc) is 2.59. The minimum absolute atomic E-state index is 0.0108. The molecule has 0 fully saturated rings. The summed E-state index contributed by atoms with van der Waals surface area (Å²) < 4.78 is 26.6. The molecular formula is C17H13Cl2NO4S. The fourth-order valence-corrected chi connectivity index (χ4v) is 4.67. The number of allylic oxidation sites excluding steroid dienone is 1. The number of carbonyl (C=O) groups excluding carboxylic acids is 1. The van der Waals surface area contributed by atoms with E-state index in [1.54, 1.807) is 19.1 Å². The maximum atomic E-state index is 12.9. The van der Waals surface area contributed by atoms with Gasteiger partial charge >= 0.3 is 0 Å². The van der Waals surface area contributed by atoms with Gasteiger partial charge in [-0.1, -0.05) is 35.3 Å². The molecule has 130 valence electrons. The van der Waals surface area contributed by atoms with Gasteiger partial charge in [-0.15, -0.1) is 0 Å². The molecule has 0 bridgehead atoms.